The van der Waals surface area contributed by atoms with E-state index in [0.717, 1.165) is 48.2 Å². The summed E-state index contributed by atoms with van der Waals surface area (Å²) >= 11 is 24.3. The number of amides is 7. The number of nitrogens with zero attached hydrogens (tertiary/aromatic N) is 14. The number of hydrogen-bond acceptors (Lipinski definition) is 28. The Morgan fingerprint density at radius 3 is 0.881 bits per heavy atom. The molecule has 35 nitrogen and oxygen atoms in total. The molecule has 14 heterocycles. The van der Waals surface area contributed by atoms with Crippen molar-refractivity contribution < 1.29 is 80.3 Å². The second-order valence-electron chi connectivity index (χ2n) is 39.1. The number of Topliss-reactive ketones (excluding diaryl/α,β-unsaturated/α-hetero) is 7. The van der Waals surface area contributed by atoms with Gasteiger partial charge in [-0.2, -0.15) is 20.4 Å². The van der Waals surface area contributed by atoms with Crippen LogP contribution in [-0.2, 0) is 67.1 Å². The second-order valence-corrected chi connectivity index (χ2v) is 40.5. The zero-order valence-corrected chi connectivity index (χ0v) is 82.1. The number of allylic oxidation sites excluding steroid dienone is 7. The van der Waals surface area contributed by atoms with Crippen LogP contribution in [0.2, 0.25) is 20.6 Å². The third-order valence-electron chi connectivity index (χ3n) is 27.1. The lowest BCUT2D eigenvalue weighted by Crippen LogP contribution is -2.35. The van der Waals surface area contributed by atoms with Gasteiger partial charge in [0.1, 0.15) is 23.2 Å². The molecule has 5 atom stereocenters. The zero-order valence-electron chi connectivity index (χ0n) is 79.1. The van der Waals surface area contributed by atoms with Crippen LogP contribution in [0, 0.1) is 43.4 Å². The molecular formula is C101H100Cl4F3N21O14. The molecule has 7 amide bonds. The summed E-state index contributed by atoms with van der Waals surface area (Å²) < 4.78 is 41.0. The van der Waals surface area contributed by atoms with Crippen molar-refractivity contribution in [3.8, 4) is 12.3 Å². The van der Waals surface area contributed by atoms with Crippen molar-refractivity contribution in [1.82, 2.24) is 109 Å². The van der Waals surface area contributed by atoms with Crippen LogP contribution in [0.5, 0.6) is 0 Å². The van der Waals surface area contributed by atoms with Gasteiger partial charge < -0.3 is 37.2 Å². The van der Waals surface area contributed by atoms with E-state index in [9.17, 15) is 80.3 Å². The van der Waals surface area contributed by atoms with Crippen LogP contribution >= 0.6 is 46.4 Å². The van der Waals surface area contributed by atoms with Gasteiger partial charge in [-0.1, -0.05) is 79.5 Å². The highest BCUT2D eigenvalue weighted by atomic mass is 35.5. The quantitative estimate of drug-likeness (QED) is 0.0349. The summed E-state index contributed by atoms with van der Waals surface area (Å²) in [5.74, 6) is 0.181. The van der Waals surface area contributed by atoms with Crippen molar-refractivity contribution in [2.75, 3.05) is 0 Å². The molecule has 7 aromatic rings. The maximum Gasteiger partial charge on any atom is 0.231 e. The molecule has 0 radical (unpaired) electrons. The van der Waals surface area contributed by atoms with E-state index in [4.69, 9.17) is 52.8 Å². The van der Waals surface area contributed by atoms with Crippen LogP contribution in [0.3, 0.4) is 0 Å². The smallest absolute Gasteiger partial charge is 0.231 e. The Kier molecular flexibility index (Phi) is 31.6. The van der Waals surface area contributed by atoms with Crippen molar-refractivity contribution in [2.24, 2.45) is 17.3 Å². The average molecular weight is 2030 g/mol. The number of ketones is 7. The van der Waals surface area contributed by atoms with Gasteiger partial charge in [0.05, 0.1) is 135 Å². The van der Waals surface area contributed by atoms with Gasteiger partial charge in [0, 0.05) is 43.4 Å². The first-order chi connectivity index (χ1) is 67.9. The van der Waals surface area contributed by atoms with Gasteiger partial charge in [0.2, 0.25) is 41.4 Å². The maximum absolute atomic E-state index is 14.0. The highest BCUT2D eigenvalue weighted by Gasteiger charge is 2.51. The number of alkyl halides is 3. The Hall–Kier alpha value is -13.8. The topological polar surface area (TPSA) is 504 Å². The van der Waals surface area contributed by atoms with Gasteiger partial charge in [-0.3, -0.25) is 67.1 Å². The van der Waals surface area contributed by atoms with E-state index in [1.165, 1.54) is 106 Å². The standard InChI is InChI=1S/C15H15ClFN3O2.C15H16ClN3O2.C15H17N3O2.2C14H13ClFN3O2.C14H15N3O2.C14H11N3O2/c1-15(2,17)10-3-7(10)8-4-11(19-20-14(8)16)9-6-18-13(22)5-12(9)21;1-15(2)5-8(6-15)9-3-11(18-19-14(9)16)10-7-17-13(21)4-12(10)20;1-9-11(10-4-2-3-5-10)6-13(18-17-9)12-8-16-15(20)7-14(12)19;1-14(16)4-7(5-14)8-2-10(18-19-13(8)15)9-6-17-12(21)3-11(9)20;1-6(16)7-2-8(7)9-3-11(18-19-14(9)15)10-5-17-13(21)4-12(10)20;1-8-10(9-3-2-4-9)5-12(17-16-8)11-7-15-14(19)6-13(11)18;1-2-11-9(8-3-4-8)5-12(17-16-11)10-7-15-14(19)6-13(10)18/h4,6-7,10H,3,5H2,1-2H3,(H,18,22);3,7-8H,4-6H2,1-2H3,(H,17,21);6,8,10H,2-5,7H2,1H3,(H,16,20);2,6-7H,3-5H2,1H3,(H,17,21);3,5-8H,2,4H2,1H3,(H,17,21);5,7,9H,2-4,6H2,1H3,(H,15,19);1,5,7-8H,3-4,6H2,(H,15,19)/t7-,10+;;;;6?,7-,8+;;/m1...1../s1. The minimum Gasteiger partial charge on any atom is -0.331 e. The van der Waals surface area contributed by atoms with Gasteiger partial charge in [-0.05, 0) is 265 Å². The molecule has 1 unspecified atom stereocenters. The molecule has 7 aliphatic heterocycles. The van der Waals surface area contributed by atoms with E-state index in [1.54, 1.807) is 39.0 Å². The van der Waals surface area contributed by atoms with Crippen molar-refractivity contribution in [1.29, 1.82) is 0 Å². The Morgan fingerprint density at radius 1 is 0.357 bits per heavy atom. The number of carbonyl (C=O) groups excluding carboxylic acids is 14. The minimum atomic E-state index is -1.29. The predicted octanol–water partition coefficient (Wildman–Crippen LogP) is 13.2. The molecule has 14 aliphatic rings. The first-order valence-electron chi connectivity index (χ1n) is 46.8. The van der Waals surface area contributed by atoms with Crippen molar-refractivity contribution in [2.45, 2.75) is 256 Å². The predicted molar refractivity (Wildman–Crippen MR) is 516 cm³/mol. The van der Waals surface area contributed by atoms with Crippen LogP contribution in [0.1, 0.15) is 320 Å². The fourth-order valence-electron chi connectivity index (χ4n) is 18.8. The zero-order chi connectivity index (χ0) is 103. The Balaban J connectivity index is 0.000000126. The molecule has 7 aliphatic carbocycles. The first-order valence-corrected chi connectivity index (χ1v) is 48.3. The Morgan fingerprint density at radius 2 is 0.622 bits per heavy atom. The van der Waals surface area contributed by atoms with Gasteiger partial charge in [0.15, 0.2) is 61.1 Å². The summed E-state index contributed by atoms with van der Waals surface area (Å²) in [7, 11) is 0. The van der Waals surface area contributed by atoms with Crippen LogP contribution in [0.4, 0.5) is 13.2 Å². The molecule has 7 fully saturated rings. The number of terminal acetylenes is 1. The minimum absolute atomic E-state index is 0.0145. The largest absolute Gasteiger partial charge is 0.331 e. The highest BCUT2D eigenvalue weighted by Crippen LogP contribution is 2.57. The van der Waals surface area contributed by atoms with Crippen molar-refractivity contribution >= 4 is 167 Å². The normalized spacial score (nSPS) is 22.9. The third-order valence-corrected chi connectivity index (χ3v) is 28.3. The molecule has 7 aromatic heterocycles. The lowest BCUT2D eigenvalue weighted by atomic mass is 9.62. The van der Waals surface area contributed by atoms with Crippen LogP contribution in [0.25, 0.3) is 39.0 Å². The van der Waals surface area contributed by atoms with E-state index in [2.05, 4.69) is 128 Å². The van der Waals surface area contributed by atoms with Crippen LogP contribution in [-0.4, -0.2) is 171 Å². The van der Waals surface area contributed by atoms with Gasteiger partial charge in [0.25, 0.3) is 0 Å². The Labute approximate surface area is 838 Å². The van der Waals surface area contributed by atoms with Gasteiger partial charge >= 0.3 is 0 Å². The molecular weight excluding hydrogens is 1930 g/mol. The molecule has 143 heavy (non-hydrogen) atoms. The number of halogens is 7. The van der Waals surface area contributed by atoms with Crippen LogP contribution < -0.4 is 37.2 Å². The van der Waals surface area contributed by atoms with E-state index < -0.39 is 17.5 Å². The summed E-state index contributed by atoms with van der Waals surface area (Å²) in [5.41, 5.74) is 12.4. The number of rotatable bonds is 16. The molecule has 0 spiro atoms. The Bertz CT molecular complexity index is 6510. The molecule has 21 rings (SSSR count). The number of aromatic nitrogens is 14. The fraction of sp³-hybridized carbons (Fsp3) is 0.426. The van der Waals surface area contributed by atoms with E-state index in [0.29, 0.717) is 161 Å². The summed E-state index contributed by atoms with van der Waals surface area (Å²) in [6.07, 6.45) is 27.9. The summed E-state index contributed by atoms with van der Waals surface area (Å²) in [5, 5.41) is 74.5. The molecule has 0 saturated heterocycles. The van der Waals surface area contributed by atoms with Crippen LogP contribution in [0.15, 0.2) is 85.9 Å². The molecule has 42 heteroatoms. The second kappa shape index (κ2) is 43.6. The van der Waals surface area contributed by atoms with Crippen molar-refractivity contribution in [3.05, 3.63) is 202 Å². The lowest BCUT2D eigenvalue weighted by molar-refractivity contribution is -0.127. The monoisotopic (exact) mass is 2030 g/mol. The number of hydrogen-bond donors (Lipinski definition) is 7. The summed E-state index contributed by atoms with van der Waals surface area (Å²) in [6.45, 7) is 14.5. The lowest BCUT2D eigenvalue weighted by Gasteiger charge is -2.43. The van der Waals surface area contributed by atoms with Gasteiger partial charge in [-0.15, -0.1) is 57.4 Å². The number of carbonyl (C=O) groups is 14. The number of nitrogens with one attached hydrogen (secondary N) is 7. The average Bonchev–Trinajstić information content (AvgIpc) is 1.61. The summed E-state index contributed by atoms with van der Waals surface area (Å²) in [6, 6.07) is 12.6. The number of aryl methyl sites for hydroxylation is 2. The van der Waals surface area contributed by atoms with Gasteiger partial charge in [-0.25, -0.2) is 13.2 Å². The van der Waals surface area contributed by atoms with E-state index in [1.807, 2.05) is 38.1 Å². The van der Waals surface area contributed by atoms with Crippen molar-refractivity contribution in [3.63, 3.8) is 0 Å². The SMILES string of the molecule is C#Cc1nnc(C2=CNC(=O)CC2=O)cc1C1CC1.CC(C)(F)[C@H]1C[C@@H]1c1cc(C2=CNC(=O)CC2=O)nnc1Cl.CC(F)[C@H]1C[C@@H]1c1cc(C2=CNC(=O)CC2=O)nnc1Cl.CC1(C)CC(c2cc(C3=CNC(=O)CC3=O)nnc2Cl)C1.CC1(F)CC(c2cc(C3=CNC(=O)CC3=O)nnc2Cl)C1.Cc1nnc(C2=CNC(=O)CC2=O)cc1C1CCC1.Cc1nnc(C2=CNC(=O)CC2=O)cc1C1CCCC1. The third kappa shape index (κ3) is 25.3. The maximum atomic E-state index is 14.0. The molecule has 7 saturated carbocycles. The molecule has 0 bridgehead atoms. The molecule has 742 valence electrons. The summed E-state index contributed by atoms with van der Waals surface area (Å²) in [4.78, 5) is 161. The molecule has 7 N–H and O–H groups in total. The first kappa shape index (κ1) is 104. The van der Waals surface area contributed by atoms with E-state index in [-0.39, 0.29) is 172 Å². The molecule has 0 aromatic carbocycles. The van der Waals surface area contributed by atoms with E-state index >= 15 is 0 Å². The highest BCUT2D eigenvalue weighted by molar-refractivity contribution is 6.34. The fourth-order valence-corrected chi connectivity index (χ4v) is 19.7.